The molecule has 0 unspecified atom stereocenters. The quantitative estimate of drug-likeness (QED) is 0.240. The van der Waals surface area contributed by atoms with Gasteiger partial charge in [0, 0.05) is 13.1 Å². The molecule has 0 radical (unpaired) electrons. The van der Waals surface area contributed by atoms with Crippen LogP contribution < -0.4 is 16.1 Å². The van der Waals surface area contributed by atoms with Gasteiger partial charge in [-0.3, -0.25) is 30.4 Å². The number of nitrogens with zero attached hydrogens (tertiary/aromatic N) is 7. The van der Waals surface area contributed by atoms with E-state index in [0.29, 0.717) is 5.52 Å². The smallest absolute Gasteiger partial charge is 0.301 e. The van der Waals surface area contributed by atoms with Crippen molar-refractivity contribution in [3.8, 4) is 5.75 Å². The van der Waals surface area contributed by atoms with Crippen molar-refractivity contribution < 1.29 is 15.0 Å². The number of nitro groups is 2. The van der Waals surface area contributed by atoms with Crippen molar-refractivity contribution in [1.82, 2.24) is 25.2 Å². The van der Waals surface area contributed by atoms with E-state index in [1.807, 2.05) is 0 Å². The highest BCUT2D eigenvalue weighted by Gasteiger charge is 2.22. The highest BCUT2D eigenvalue weighted by Crippen LogP contribution is 2.30. The molecular weight excluding hydrogens is 438 g/mol. The number of fused-ring (bicyclic) bond motifs is 1. The average molecular weight is 450 g/mol. The SMILES string of the molecule is Cn1c(=O)c(/C(=N/Nc2ccc([N+](=O)[O-])cc2[N+](=O)[O-])c2nn[nH]n2)c([O-])c2ccccc21. The number of benzene rings is 2. The lowest BCUT2D eigenvalue weighted by molar-refractivity contribution is -0.393. The summed E-state index contributed by atoms with van der Waals surface area (Å²) >= 11 is 0. The van der Waals surface area contributed by atoms with E-state index in [2.05, 4.69) is 31.2 Å². The maximum absolute atomic E-state index is 13.2. The Kier molecular flexibility index (Phi) is 5.19. The molecule has 2 heterocycles. The number of aromatic nitrogens is 5. The molecule has 2 N–H and O–H groups in total. The van der Waals surface area contributed by atoms with E-state index in [1.165, 1.54) is 17.7 Å². The summed E-state index contributed by atoms with van der Waals surface area (Å²) in [7, 11) is 1.47. The van der Waals surface area contributed by atoms with Crippen molar-refractivity contribution in [3.05, 3.63) is 84.4 Å². The Bertz CT molecular complexity index is 1490. The molecule has 0 atom stereocenters. The lowest BCUT2D eigenvalue weighted by atomic mass is 10.1. The first-order chi connectivity index (χ1) is 15.8. The first kappa shape index (κ1) is 21.0. The molecular formula is C18H12N9O6-. The van der Waals surface area contributed by atoms with Crippen molar-refractivity contribution in [1.29, 1.82) is 0 Å². The molecule has 15 nitrogen and oxygen atoms in total. The number of nitro benzene ring substituents is 2. The lowest BCUT2D eigenvalue weighted by Gasteiger charge is -2.19. The van der Waals surface area contributed by atoms with Crippen LogP contribution in [-0.2, 0) is 7.05 Å². The Hall–Kier alpha value is -5.21. The zero-order valence-electron chi connectivity index (χ0n) is 16.6. The number of nitrogens with one attached hydrogen (secondary N) is 2. The van der Waals surface area contributed by atoms with Crippen LogP contribution in [0.1, 0.15) is 11.4 Å². The van der Waals surface area contributed by atoms with E-state index in [1.54, 1.807) is 18.2 Å². The van der Waals surface area contributed by atoms with E-state index in [0.717, 1.165) is 18.2 Å². The van der Waals surface area contributed by atoms with Gasteiger partial charge in [0.2, 0.25) is 5.82 Å². The number of hydrazone groups is 1. The molecule has 15 heteroatoms. The van der Waals surface area contributed by atoms with Gasteiger partial charge in [0.05, 0.1) is 27.0 Å². The molecule has 166 valence electrons. The zero-order chi connectivity index (χ0) is 23.7. The molecule has 33 heavy (non-hydrogen) atoms. The number of non-ortho nitro benzene ring substituents is 1. The minimum atomic E-state index is -0.840. The van der Waals surface area contributed by atoms with Crippen LogP contribution in [-0.4, -0.2) is 40.7 Å². The van der Waals surface area contributed by atoms with Gasteiger partial charge in [0.1, 0.15) is 11.4 Å². The Morgan fingerprint density at radius 1 is 1.15 bits per heavy atom. The van der Waals surface area contributed by atoms with Gasteiger partial charge in [0.25, 0.3) is 11.2 Å². The fourth-order valence-electron chi connectivity index (χ4n) is 3.15. The largest absolute Gasteiger partial charge is 0.871 e. The molecule has 0 amide bonds. The number of aryl methyl sites for hydroxylation is 1. The second-order valence-electron chi connectivity index (χ2n) is 6.61. The maximum Gasteiger partial charge on any atom is 0.301 e. The van der Waals surface area contributed by atoms with Crippen LogP contribution in [0.4, 0.5) is 17.1 Å². The molecule has 0 aliphatic rings. The number of rotatable bonds is 6. The number of para-hydroxylation sites is 1. The normalized spacial score (nSPS) is 11.5. The fourth-order valence-corrected chi connectivity index (χ4v) is 3.15. The molecule has 0 fully saturated rings. The summed E-state index contributed by atoms with van der Waals surface area (Å²) in [6, 6.07) is 9.29. The maximum atomic E-state index is 13.2. The summed E-state index contributed by atoms with van der Waals surface area (Å²) in [6.45, 7) is 0. The summed E-state index contributed by atoms with van der Waals surface area (Å²) < 4.78 is 1.25. The molecule has 0 saturated carbocycles. The molecule has 4 aromatic rings. The van der Waals surface area contributed by atoms with Crippen molar-refractivity contribution in [2.45, 2.75) is 0 Å². The van der Waals surface area contributed by atoms with Crippen LogP contribution >= 0.6 is 0 Å². The predicted molar refractivity (Wildman–Crippen MR) is 112 cm³/mol. The van der Waals surface area contributed by atoms with Crippen molar-refractivity contribution in [3.63, 3.8) is 0 Å². The fraction of sp³-hybridized carbons (Fsp3) is 0.0556. The summed E-state index contributed by atoms with van der Waals surface area (Å²) in [4.78, 5) is 33.7. The number of hydrogen-bond donors (Lipinski definition) is 2. The number of pyridine rings is 1. The molecule has 2 aromatic heterocycles. The van der Waals surface area contributed by atoms with Crippen LogP contribution in [0.3, 0.4) is 0 Å². The monoisotopic (exact) mass is 450 g/mol. The van der Waals surface area contributed by atoms with Gasteiger partial charge in [-0.25, -0.2) is 0 Å². The van der Waals surface area contributed by atoms with E-state index in [-0.39, 0.29) is 22.6 Å². The van der Waals surface area contributed by atoms with E-state index < -0.39 is 38.1 Å². The second kappa shape index (κ2) is 8.14. The molecule has 0 spiro atoms. The van der Waals surface area contributed by atoms with Crippen LogP contribution in [0.25, 0.3) is 10.9 Å². The Morgan fingerprint density at radius 2 is 1.91 bits per heavy atom. The highest BCUT2D eigenvalue weighted by atomic mass is 16.6. The van der Waals surface area contributed by atoms with Gasteiger partial charge in [0.15, 0.2) is 0 Å². The van der Waals surface area contributed by atoms with Crippen LogP contribution in [0, 0.1) is 20.2 Å². The molecule has 0 bridgehead atoms. The van der Waals surface area contributed by atoms with Crippen molar-refractivity contribution in [2.24, 2.45) is 12.1 Å². The highest BCUT2D eigenvalue weighted by molar-refractivity contribution is 6.14. The predicted octanol–water partition coefficient (Wildman–Crippen LogP) is 0.806. The van der Waals surface area contributed by atoms with Gasteiger partial charge in [-0.1, -0.05) is 23.9 Å². The molecule has 4 rings (SSSR count). The third-order valence-electron chi connectivity index (χ3n) is 4.73. The first-order valence-electron chi connectivity index (χ1n) is 9.09. The number of anilines is 1. The average Bonchev–Trinajstić information content (AvgIpc) is 3.34. The summed E-state index contributed by atoms with van der Waals surface area (Å²) in [6.07, 6.45) is 0. The third-order valence-corrected chi connectivity index (χ3v) is 4.73. The Labute approximate surface area is 182 Å². The van der Waals surface area contributed by atoms with Gasteiger partial charge >= 0.3 is 5.69 Å². The standard InChI is InChI=1S/C18H13N9O6/c1-25-12-5-3-2-4-10(12)16(28)14(18(25)29)15(17-21-23-24-22-17)20-19-11-7-6-9(26(30)31)8-13(11)27(32)33/h2-8,19,28H,1H3,(H,21,22,23,24)/p-1/b20-15-. The van der Waals surface area contributed by atoms with Crippen molar-refractivity contribution in [2.75, 3.05) is 5.43 Å². The number of tetrazole rings is 1. The molecule has 0 aliphatic carbocycles. The first-order valence-corrected chi connectivity index (χ1v) is 9.09. The topological polar surface area (TPSA) is 210 Å². The van der Waals surface area contributed by atoms with Crippen LogP contribution in [0.5, 0.6) is 5.75 Å². The van der Waals surface area contributed by atoms with Gasteiger partial charge < -0.3 is 9.67 Å². The van der Waals surface area contributed by atoms with Crippen molar-refractivity contribution >= 4 is 33.7 Å². The lowest BCUT2D eigenvalue weighted by Crippen LogP contribution is -2.28. The number of aromatic amines is 1. The minimum absolute atomic E-state index is 0.225. The Balaban J connectivity index is 1.91. The molecule has 0 saturated heterocycles. The van der Waals surface area contributed by atoms with E-state index in [4.69, 9.17) is 0 Å². The van der Waals surface area contributed by atoms with Gasteiger partial charge in [-0.2, -0.15) is 10.3 Å². The second-order valence-corrected chi connectivity index (χ2v) is 6.61. The van der Waals surface area contributed by atoms with E-state index in [9.17, 15) is 30.1 Å². The number of H-pyrrole nitrogens is 1. The zero-order valence-corrected chi connectivity index (χ0v) is 16.6. The summed E-state index contributed by atoms with van der Waals surface area (Å²) in [5.41, 5.74) is -0.0200. The van der Waals surface area contributed by atoms with Crippen LogP contribution in [0.15, 0.2) is 52.4 Å². The third kappa shape index (κ3) is 3.69. The summed E-state index contributed by atoms with van der Waals surface area (Å²) in [5.74, 6) is -0.881. The molecule has 2 aromatic carbocycles. The number of hydrogen-bond acceptors (Lipinski definition) is 11. The van der Waals surface area contributed by atoms with Gasteiger partial charge in [-0.05, 0) is 22.7 Å². The molecule has 0 aliphatic heterocycles. The Morgan fingerprint density at radius 3 is 2.58 bits per heavy atom. The minimum Gasteiger partial charge on any atom is -0.871 e. The van der Waals surface area contributed by atoms with Gasteiger partial charge in [-0.15, -0.1) is 10.2 Å². The van der Waals surface area contributed by atoms with Crippen LogP contribution in [0.2, 0.25) is 0 Å². The van der Waals surface area contributed by atoms with E-state index >= 15 is 0 Å². The summed E-state index contributed by atoms with van der Waals surface area (Å²) in [5, 5.41) is 52.8.